The normalized spacial score (nSPS) is 10.3. The Kier molecular flexibility index (Phi) is 6.48. The van der Waals surface area contributed by atoms with E-state index in [9.17, 15) is 4.79 Å². The molecule has 1 N–H and O–H groups in total. The zero-order chi connectivity index (χ0) is 14.1. The van der Waals surface area contributed by atoms with Gasteiger partial charge in [-0.2, -0.15) is 5.26 Å². The molecule has 0 radical (unpaired) electrons. The minimum Gasteiger partial charge on any atom is -0.493 e. The van der Waals surface area contributed by atoms with Gasteiger partial charge in [0.2, 0.25) is 0 Å². The predicted octanol–water partition coefficient (Wildman–Crippen LogP) is 3.51. The molecule has 0 bridgehead atoms. The second kappa shape index (κ2) is 8.17. The van der Waals surface area contributed by atoms with E-state index in [1.807, 2.05) is 0 Å². The summed E-state index contributed by atoms with van der Waals surface area (Å²) in [5.74, 6) is -0.446. The summed E-state index contributed by atoms with van der Waals surface area (Å²) in [6.07, 6.45) is 4.55. The molecular formula is C14H14ClNO3. The van der Waals surface area contributed by atoms with Crippen LogP contribution in [0, 0.1) is 11.3 Å². The lowest BCUT2D eigenvalue weighted by Crippen LogP contribution is -1.99. The van der Waals surface area contributed by atoms with Crippen molar-refractivity contribution in [3.63, 3.8) is 0 Å². The Morgan fingerprint density at radius 2 is 2.26 bits per heavy atom. The van der Waals surface area contributed by atoms with Crippen molar-refractivity contribution in [2.24, 2.45) is 0 Å². The number of benzene rings is 1. The maximum absolute atomic E-state index is 10.5. The van der Waals surface area contributed by atoms with E-state index in [1.165, 1.54) is 6.08 Å². The minimum absolute atomic E-state index is 0.483. The Morgan fingerprint density at radius 3 is 2.95 bits per heavy atom. The number of aliphatic carboxylic acids is 1. The van der Waals surface area contributed by atoms with Crippen LogP contribution < -0.4 is 4.74 Å². The van der Waals surface area contributed by atoms with Gasteiger partial charge in [-0.25, -0.2) is 4.79 Å². The first-order chi connectivity index (χ1) is 9.13. The number of unbranched alkanes of at least 4 members (excludes halogenated alkanes) is 2. The molecule has 1 aromatic rings. The third-order valence-corrected chi connectivity index (χ3v) is 2.55. The van der Waals surface area contributed by atoms with Crippen LogP contribution in [0.4, 0.5) is 0 Å². The molecule has 100 valence electrons. The Morgan fingerprint density at radius 1 is 1.47 bits per heavy atom. The Labute approximate surface area is 116 Å². The Hall–Kier alpha value is -1.99. The fourth-order valence-electron chi connectivity index (χ4n) is 1.43. The average Bonchev–Trinajstić information content (AvgIpc) is 2.38. The van der Waals surface area contributed by atoms with Crippen molar-refractivity contribution in [3.8, 4) is 11.8 Å². The first-order valence-electron chi connectivity index (χ1n) is 5.84. The summed E-state index contributed by atoms with van der Waals surface area (Å²) in [4.78, 5) is 10.5. The summed E-state index contributed by atoms with van der Waals surface area (Å²) in [6.45, 7) is 0.483. The Bertz CT molecular complexity index is 506. The van der Waals surface area contributed by atoms with Gasteiger partial charge in [-0.1, -0.05) is 11.6 Å². The standard InChI is InChI=1S/C14H14ClNO3/c15-12-5-6-13(19-9-3-1-2-8-16)11(10-12)4-7-14(17)18/h4-7,10H,1-3,9H2,(H,17,18)/b7-4+. The summed E-state index contributed by atoms with van der Waals surface area (Å²) >= 11 is 5.86. The smallest absolute Gasteiger partial charge is 0.328 e. The minimum atomic E-state index is -1.03. The van der Waals surface area contributed by atoms with E-state index in [4.69, 9.17) is 26.7 Å². The molecule has 0 saturated carbocycles. The highest BCUT2D eigenvalue weighted by molar-refractivity contribution is 6.30. The number of carbonyl (C=O) groups is 1. The molecule has 0 spiro atoms. The second-order valence-corrected chi connectivity index (χ2v) is 4.25. The lowest BCUT2D eigenvalue weighted by atomic mass is 10.2. The first-order valence-corrected chi connectivity index (χ1v) is 6.21. The van der Waals surface area contributed by atoms with Crippen LogP contribution in [-0.2, 0) is 4.79 Å². The number of halogens is 1. The lowest BCUT2D eigenvalue weighted by molar-refractivity contribution is -0.131. The van der Waals surface area contributed by atoms with Gasteiger partial charge in [0.25, 0.3) is 0 Å². The van der Waals surface area contributed by atoms with Crippen molar-refractivity contribution in [2.45, 2.75) is 19.3 Å². The highest BCUT2D eigenvalue weighted by atomic mass is 35.5. The molecule has 5 heteroatoms. The molecule has 0 amide bonds. The number of nitriles is 1. The molecule has 1 aromatic carbocycles. The first kappa shape index (κ1) is 15.1. The molecular weight excluding hydrogens is 266 g/mol. The van der Waals surface area contributed by atoms with Crippen LogP contribution in [0.3, 0.4) is 0 Å². The van der Waals surface area contributed by atoms with Gasteiger partial charge in [0.15, 0.2) is 0 Å². The van der Waals surface area contributed by atoms with E-state index in [2.05, 4.69) is 6.07 Å². The van der Waals surface area contributed by atoms with Crippen LogP contribution in [0.15, 0.2) is 24.3 Å². The van der Waals surface area contributed by atoms with E-state index < -0.39 is 5.97 Å². The molecule has 4 nitrogen and oxygen atoms in total. The van der Waals surface area contributed by atoms with Crippen LogP contribution in [0.25, 0.3) is 6.08 Å². The molecule has 1 rings (SSSR count). The monoisotopic (exact) mass is 279 g/mol. The summed E-state index contributed by atoms with van der Waals surface area (Å²) in [7, 11) is 0. The summed E-state index contributed by atoms with van der Waals surface area (Å²) in [5.41, 5.74) is 0.621. The van der Waals surface area contributed by atoms with E-state index >= 15 is 0 Å². The Balaban J connectivity index is 2.66. The van der Waals surface area contributed by atoms with Crippen LogP contribution in [-0.4, -0.2) is 17.7 Å². The van der Waals surface area contributed by atoms with Crippen molar-refractivity contribution >= 4 is 23.6 Å². The van der Waals surface area contributed by atoms with Gasteiger partial charge in [0, 0.05) is 23.1 Å². The predicted molar refractivity (Wildman–Crippen MR) is 73.1 cm³/mol. The molecule has 0 fully saturated rings. The summed E-state index contributed by atoms with van der Waals surface area (Å²) in [6, 6.07) is 7.10. The molecule has 0 aliphatic carbocycles. The number of hydrogen-bond donors (Lipinski definition) is 1. The number of rotatable bonds is 7. The molecule has 0 unspecified atom stereocenters. The maximum Gasteiger partial charge on any atom is 0.328 e. The van der Waals surface area contributed by atoms with Gasteiger partial charge in [0.1, 0.15) is 5.75 Å². The van der Waals surface area contributed by atoms with Crippen LogP contribution >= 0.6 is 11.6 Å². The van der Waals surface area contributed by atoms with Crippen molar-refractivity contribution in [1.29, 1.82) is 5.26 Å². The number of hydrogen-bond acceptors (Lipinski definition) is 3. The van der Waals surface area contributed by atoms with Crippen molar-refractivity contribution in [3.05, 3.63) is 34.9 Å². The summed E-state index contributed by atoms with van der Waals surface area (Å²) < 4.78 is 5.56. The van der Waals surface area contributed by atoms with E-state index in [1.54, 1.807) is 18.2 Å². The van der Waals surface area contributed by atoms with Crippen LogP contribution in [0.1, 0.15) is 24.8 Å². The maximum atomic E-state index is 10.5. The fourth-order valence-corrected chi connectivity index (χ4v) is 1.61. The molecule has 0 heterocycles. The van der Waals surface area contributed by atoms with Gasteiger partial charge in [0.05, 0.1) is 12.7 Å². The number of carboxylic acids is 1. The zero-order valence-electron chi connectivity index (χ0n) is 10.3. The van der Waals surface area contributed by atoms with Crippen molar-refractivity contribution < 1.29 is 14.6 Å². The number of carboxylic acid groups (broad SMARTS) is 1. The third-order valence-electron chi connectivity index (χ3n) is 2.32. The van der Waals surface area contributed by atoms with E-state index in [0.29, 0.717) is 29.4 Å². The SMILES string of the molecule is N#CCCCCOc1ccc(Cl)cc1/C=C/C(=O)O. The van der Waals surface area contributed by atoms with Crippen LogP contribution in [0.5, 0.6) is 5.75 Å². The highest BCUT2D eigenvalue weighted by Gasteiger charge is 2.03. The van der Waals surface area contributed by atoms with Gasteiger partial charge in [-0.3, -0.25) is 0 Å². The third kappa shape index (κ3) is 5.94. The van der Waals surface area contributed by atoms with Gasteiger partial charge in [-0.05, 0) is 37.1 Å². The van der Waals surface area contributed by atoms with Gasteiger partial charge >= 0.3 is 5.97 Å². The molecule has 0 aliphatic heterocycles. The second-order valence-electron chi connectivity index (χ2n) is 3.82. The number of ether oxygens (including phenoxy) is 1. The quantitative estimate of drug-likeness (QED) is 0.612. The topological polar surface area (TPSA) is 70.3 Å². The van der Waals surface area contributed by atoms with Crippen molar-refractivity contribution in [2.75, 3.05) is 6.61 Å². The summed E-state index contributed by atoms with van der Waals surface area (Å²) in [5, 5.41) is 17.5. The van der Waals surface area contributed by atoms with Gasteiger partial charge in [-0.15, -0.1) is 0 Å². The van der Waals surface area contributed by atoms with Crippen LogP contribution in [0.2, 0.25) is 5.02 Å². The average molecular weight is 280 g/mol. The zero-order valence-corrected chi connectivity index (χ0v) is 11.1. The molecule has 0 saturated heterocycles. The molecule has 0 aliphatic rings. The van der Waals surface area contributed by atoms with E-state index in [-0.39, 0.29) is 0 Å². The molecule has 0 atom stereocenters. The molecule has 0 aromatic heterocycles. The largest absolute Gasteiger partial charge is 0.493 e. The van der Waals surface area contributed by atoms with E-state index in [0.717, 1.165) is 18.9 Å². The van der Waals surface area contributed by atoms with Crippen molar-refractivity contribution in [1.82, 2.24) is 0 Å². The number of nitrogens with zero attached hydrogens (tertiary/aromatic N) is 1. The lowest BCUT2D eigenvalue weighted by Gasteiger charge is -2.09. The van der Waals surface area contributed by atoms with Gasteiger partial charge < -0.3 is 9.84 Å². The molecule has 19 heavy (non-hydrogen) atoms. The highest BCUT2D eigenvalue weighted by Crippen LogP contribution is 2.24. The fraction of sp³-hybridized carbons (Fsp3) is 0.286.